The highest BCUT2D eigenvalue weighted by Gasteiger charge is 2.18. The fourth-order valence-corrected chi connectivity index (χ4v) is 1.72. The number of anilines is 1. The lowest BCUT2D eigenvalue weighted by Crippen LogP contribution is -2.24. The molecule has 0 atom stereocenters. The molecule has 0 aromatic carbocycles. The summed E-state index contributed by atoms with van der Waals surface area (Å²) in [6, 6.07) is 1.43. The fourth-order valence-electron chi connectivity index (χ4n) is 1.72. The van der Waals surface area contributed by atoms with Crippen molar-refractivity contribution >= 4 is 11.9 Å². The Hall–Kier alpha value is -1.69. The second-order valence-electron chi connectivity index (χ2n) is 5.37. The first-order valence-corrected chi connectivity index (χ1v) is 6.28. The van der Waals surface area contributed by atoms with Gasteiger partial charge >= 0.3 is 5.97 Å². The zero-order valence-electron chi connectivity index (χ0n) is 11.6. The smallest absolute Gasteiger partial charge is 0.354 e. The van der Waals surface area contributed by atoms with Crippen LogP contribution in [0.25, 0.3) is 0 Å². The summed E-state index contributed by atoms with van der Waals surface area (Å²) in [4.78, 5) is 19.0. The minimum Gasteiger partial charge on any atom is -0.477 e. The van der Waals surface area contributed by atoms with E-state index in [1.54, 1.807) is 6.92 Å². The summed E-state index contributed by atoms with van der Waals surface area (Å²) < 4.78 is 0. The van der Waals surface area contributed by atoms with Gasteiger partial charge in [-0.2, -0.15) is 0 Å². The Labute approximate surface area is 112 Å². The highest BCUT2D eigenvalue weighted by molar-refractivity contribution is 5.85. The minimum absolute atomic E-state index is 0.0110. The molecular weight excluding hydrogens is 246 g/mol. The van der Waals surface area contributed by atoms with Crippen molar-refractivity contribution in [1.29, 1.82) is 0 Å². The number of nitrogens with one attached hydrogen (secondary N) is 1. The number of hydrogen-bond donors (Lipinski definition) is 3. The molecule has 0 spiro atoms. The maximum Gasteiger partial charge on any atom is 0.354 e. The van der Waals surface area contributed by atoms with Gasteiger partial charge in [-0.25, -0.2) is 14.8 Å². The summed E-state index contributed by atoms with van der Waals surface area (Å²) in [5.74, 6) is -0.734. The molecule has 6 nitrogen and oxygen atoms in total. The zero-order valence-corrected chi connectivity index (χ0v) is 11.6. The van der Waals surface area contributed by atoms with E-state index in [-0.39, 0.29) is 17.7 Å². The van der Waals surface area contributed by atoms with Crippen LogP contribution in [0.4, 0.5) is 5.95 Å². The maximum absolute atomic E-state index is 10.9. The molecule has 3 N–H and O–H groups in total. The van der Waals surface area contributed by atoms with Gasteiger partial charge in [0.05, 0.1) is 0 Å². The second kappa shape index (κ2) is 6.47. The molecule has 0 amide bonds. The average Bonchev–Trinajstić information content (AvgIpc) is 2.33. The van der Waals surface area contributed by atoms with Crippen LogP contribution in [0.15, 0.2) is 6.07 Å². The van der Waals surface area contributed by atoms with Crippen molar-refractivity contribution < 1.29 is 15.0 Å². The lowest BCUT2D eigenvalue weighted by atomic mass is 9.88. The third kappa shape index (κ3) is 5.21. The van der Waals surface area contributed by atoms with Crippen LogP contribution in [0.5, 0.6) is 0 Å². The monoisotopic (exact) mass is 267 g/mol. The fraction of sp³-hybridized carbons (Fsp3) is 0.615. The molecular formula is C13H21N3O3. The molecule has 0 unspecified atom stereocenters. The Morgan fingerprint density at radius 3 is 2.68 bits per heavy atom. The minimum atomic E-state index is -1.06. The number of aromatic nitrogens is 2. The van der Waals surface area contributed by atoms with Gasteiger partial charge in [0, 0.05) is 18.8 Å². The molecule has 0 fully saturated rings. The molecule has 0 bridgehead atoms. The van der Waals surface area contributed by atoms with Crippen molar-refractivity contribution in [2.75, 3.05) is 18.5 Å². The van der Waals surface area contributed by atoms with Crippen LogP contribution in [0.3, 0.4) is 0 Å². The van der Waals surface area contributed by atoms with Gasteiger partial charge in [0.15, 0.2) is 5.69 Å². The molecule has 6 heteroatoms. The van der Waals surface area contributed by atoms with Crippen LogP contribution >= 0.6 is 0 Å². The summed E-state index contributed by atoms with van der Waals surface area (Å²) in [5, 5.41) is 20.8. The molecule has 0 saturated heterocycles. The highest BCUT2D eigenvalue weighted by Crippen LogP contribution is 2.22. The SMILES string of the molecule is Cc1cc(C(=O)O)nc(NCC(C)(C)CCCO)n1. The Kier molecular flexibility index (Phi) is 5.23. The van der Waals surface area contributed by atoms with Gasteiger partial charge in [-0.05, 0) is 31.2 Å². The molecule has 0 aliphatic carbocycles. The van der Waals surface area contributed by atoms with Crippen molar-refractivity contribution in [3.8, 4) is 0 Å². The predicted molar refractivity (Wildman–Crippen MR) is 72.3 cm³/mol. The van der Waals surface area contributed by atoms with Crippen molar-refractivity contribution in [2.45, 2.75) is 33.6 Å². The molecule has 1 rings (SSSR count). The van der Waals surface area contributed by atoms with Crippen LogP contribution in [0.2, 0.25) is 0 Å². The van der Waals surface area contributed by atoms with Gasteiger partial charge in [0.25, 0.3) is 0 Å². The van der Waals surface area contributed by atoms with Crippen LogP contribution < -0.4 is 5.32 Å². The largest absolute Gasteiger partial charge is 0.477 e. The molecule has 0 saturated carbocycles. The van der Waals surface area contributed by atoms with Gasteiger partial charge in [0.2, 0.25) is 5.95 Å². The lowest BCUT2D eigenvalue weighted by molar-refractivity contribution is 0.0690. The summed E-state index contributed by atoms with van der Waals surface area (Å²) in [6.07, 6.45) is 1.61. The third-order valence-electron chi connectivity index (χ3n) is 2.81. The van der Waals surface area contributed by atoms with Gasteiger partial charge in [-0.1, -0.05) is 13.8 Å². The van der Waals surface area contributed by atoms with E-state index in [9.17, 15) is 4.79 Å². The number of aryl methyl sites for hydroxylation is 1. The molecule has 1 aromatic rings. The van der Waals surface area contributed by atoms with Crippen molar-refractivity contribution in [3.05, 3.63) is 17.5 Å². The topological polar surface area (TPSA) is 95.3 Å². The molecule has 1 aromatic heterocycles. The number of aliphatic hydroxyl groups excluding tert-OH is 1. The van der Waals surface area contributed by atoms with E-state index in [2.05, 4.69) is 29.1 Å². The molecule has 106 valence electrons. The zero-order chi connectivity index (χ0) is 14.5. The Bertz CT molecular complexity index is 447. The molecule has 0 aliphatic rings. The summed E-state index contributed by atoms with van der Waals surface area (Å²) >= 11 is 0. The van der Waals surface area contributed by atoms with Gasteiger partial charge in [-0.15, -0.1) is 0 Å². The van der Waals surface area contributed by atoms with E-state index in [1.807, 2.05) is 0 Å². The van der Waals surface area contributed by atoms with Crippen LogP contribution in [-0.2, 0) is 0 Å². The van der Waals surface area contributed by atoms with Crippen LogP contribution in [0, 0.1) is 12.3 Å². The van der Waals surface area contributed by atoms with E-state index < -0.39 is 5.97 Å². The standard InChI is InChI=1S/C13H21N3O3/c1-9-7-10(11(18)19)16-12(15-9)14-8-13(2,3)5-4-6-17/h7,17H,4-6,8H2,1-3H3,(H,18,19)(H,14,15,16). The van der Waals surface area contributed by atoms with Crippen LogP contribution in [0.1, 0.15) is 42.9 Å². The third-order valence-corrected chi connectivity index (χ3v) is 2.81. The summed E-state index contributed by atoms with van der Waals surface area (Å²) in [6.45, 7) is 6.67. The summed E-state index contributed by atoms with van der Waals surface area (Å²) in [5.41, 5.74) is 0.588. The number of aliphatic hydroxyl groups is 1. The first kappa shape index (κ1) is 15.4. The lowest BCUT2D eigenvalue weighted by Gasteiger charge is -2.24. The molecule has 1 heterocycles. The number of nitrogens with zero attached hydrogens (tertiary/aromatic N) is 2. The number of rotatable bonds is 7. The van der Waals surface area contributed by atoms with E-state index in [1.165, 1.54) is 6.07 Å². The second-order valence-corrected chi connectivity index (χ2v) is 5.37. The average molecular weight is 267 g/mol. The normalized spacial score (nSPS) is 11.4. The quantitative estimate of drug-likeness (QED) is 0.696. The van der Waals surface area contributed by atoms with Gasteiger partial charge in [0.1, 0.15) is 0 Å². The number of carboxylic acids is 1. The van der Waals surface area contributed by atoms with Crippen molar-refractivity contribution in [2.24, 2.45) is 5.41 Å². The predicted octanol–water partition coefficient (Wildman–Crippen LogP) is 1.69. The first-order chi connectivity index (χ1) is 8.84. The van der Waals surface area contributed by atoms with Crippen molar-refractivity contribution in [3.63, 3.8) is 0 Å². The van der Waals surface area contributed by atoms with E-state index in [0.717, 1.165) is 12.8 Å². The highest BCUT2D eigenvalue weighted by atomic mass is 16.4. The van der Waals surface area contributed by atoms with Gasteiger partial charge in [-0.3, -0.25) is 0 Å². The molecule has 0 radical (unpaired) electrons. The number of aromatic carboxylic acids is 1. The number of carbonyl (C=O) groups is 1. The Balaban J connectivity index is 2.69. The van der Waals surface area contributed by atoms with E-state index >= 15 is 0 Å². The van der Waals surface area contributed by atoms with Crippen molar-refractivity contribution in [1.82, 2.24) is 9.97 Å². The maximum atomic E-state index is 10.9. The Morgan fingerprint density at radius 2 is 2.11 bits per heavy atom. The number of hydrogen-bond acceptors (Lipinski definition) is 5. The van der Waals surface area contributed by atoms with Gasteiger partial charge < -0.3 is 15.5 Å². The number of carboxylic acid groups (broad SMARTS) is 1. The van der Waals surface area contributed by atoms with Crippen LogP contribution in [-0.4, -0.2) is 39.3 Å². The molecule has 0 aliphatic heterocycles. The first-order valence-electron chi connectivity index (χ1n) is 6.28. The van der Waals surface area contributed by atoms with E-state index in [0.29, 0.717) is 18.2 Å². The molecule has 19 heavy (non-hydrogen) atoms. The Morgan fingerprint density at radius 1 is 1.42 bits per heavy atom. The summed E-state index contributed by atoms with van der Waals surface area (Å²) in [7, 11) is 0. The van der Waals surface area contributed by atoms with E-state index in [4.69, 9.17) is 10.2 Å².